The van der Waals surface area contributed by atoms with E-state index in [0.717, 1.165) is 17.2 Å². The Morgan fingerprint density at radius 3 is 2.56 bits per heavy atom. The molecule has 0 aliphatic heterocycles. The van der Waals surface area contributed by atoms with Gasteiger partial charge in [-0.05, 0) is 24.6 Å². The molecular formula is C13H20FNS. The smallest absolute Gasteiger partial charge is 0.136 e. The van der Waals surface area contributed by atoms with Crippen molar-refractivity contribution in [3.8, 4) is 0 Å². The van der Waals surface area contributed by atoms with Gasteiger partial charge in [-0.3, -0.25) is 0 Å². The molecule has 1 aromatic carbocycles. The van der Waals surface area contributed by atoms with E-state index in [1.807, 2.05) is 12.1 Å². The summed E-state index contributed by atoms with van der Waals surface area (Å²) in [6, 6.07) is 7.39. The molecule has 90 valence electrons. The molecule has 1 atom stereocenters. The Balaban J connectivity index is 2.52. The third-order valence-corrected chi connectivity index (χ3v) is 3.69. The van der Waals surface area contributed by atoms with Crippen molar-refractivity contribution in [2.45, 2.75) is 31.7 Å². The summed E-state index contributed by atoms with van der Waals surface area (Å²) in [4.78, 5) is 0.742. The zero-order chi connectivity index (χ0) is 12.0. The number of nitrogens with one attached hydrogen (secondary N) is 1. The van der Waals surface area contributed by atoms with Crippen molar-refractivity contribution in [1.29, 1.82) is 0 Å². The number of rotatable bonds is 6. The number of hydrogen-bond donors (Lipinski definition) is 1. The lowest BCUT2D eigenvalue weighted by Gasteiger charge is -2.21. The quantitative estimate of drug-likeness (QED) is 0.764. The average molecular weight is 241 g/mol. The molecule has 0 saturated carbocycles. The monoisotopic (exact) mass is 241 g/mol. The van der Waals surface area contributed by atoms with Gasteiger partial charge in [0.05, 0.1) is 0 Å². The molecule has 0 radical (unpaired) electrons. The van der Waals surface area contributed by atoms with Crippen LogP contribution in [0.3, 0.4) is 0 Å². The van der Waals surface area contributed by atoms with E-state index < -0.39 is 0 Å². The van der Waals surface area contributed by atoms with Crippen LogP contribution in [0.5, 0.6) is 0 Å². The van der Waals surface area contributed by atoms with Crippen LogP contribution in [0.25, 0.3) is 0 Å². The van der Waals surface area contributed by atoms with Crippen LogP contribution < -0.4 is 5.32 Å². The summed E-state index contributed by atoms with van der Waals surface area (Å²) in [5.74, 6) is 1.36. The summed E-state index contributed by atoms with van der Waals surface area (Å²) in [6.07, 6.45) is 0. The Labute approximate surface area is 102 Å². The molecular weight excluding hydrogens is 221 g/mol. The van der Waals surface area contributed by atoms with Gasteiger partial charge < -0.3 is 5.32 Å². The molecule has 16 heavy (non-hydrogen) atoms. The average Bonchev–Trinajstić information content (AvgIpc) is 2.26. The number of benzene rings is 1. The summed E-state index contributed by atoms with van der Waals surface area (Å²) < 4.78 is 13.4. The number of halogens is 1. The predicted octanol–water partition coefficient (Wildman–Crippen LogP) is 3.55. The van der Waals surface area contributed by atoms with Crippen molar-refractivity contribution in [2.24, 2.45) is 5.92 Å². The minimum Gasteiger partial charge on any atom is -0.313 e. The lowest BCUT2D eigenvalue weighted by atomic mass is 10.1. The SMILES string of the molecule is CCNC(CSc1ccccc1F)C(C)C. The van der Waals surface area contributed by atoms with Crippen molar-refractivity contribution in [3.63, 3.8) is 0 Å². The highest BCUT2D eigenvalue weighted by Crippen LogP contribution is 2.23. The van der Waals surface area contributed by atoms with Crippen LogP contribution in [0.2, 0.25) is 0 Å². The molecule has 0 aliphatic rings. The summed E-state index contributed by atoms with van der Waals surface area (Å²) in [6.45, 7) is 7.44. The molecule has 0 aliphatic carbocycles. The summed E-state index contributed by atoms with van der Waals surface area (Å²) in [5.41, 5.74) is 0. The first-order chi connectivity index (χ1) is 7.65. The van der Waals surface area contributed by atoms with E-state index in [1.165, 1.54) is 6.07 Å². The van der Waals surface area contributed by atoms with Crippen molar-refractivity contribution in [2.75, 3.05) is 12.3 Å². The molecule has 0 saturated heterocycles. The van der Waals surface area contributed by atoms with Gasteiger partial charge in [-0.15, -0.1) is 11.8 Å². The van der Waals surface area contributed by atoms with E-state index in [4.69, 9.17) is 0 Å². The van der Waals surface area contributed by atoms with E-state index in [2.05, 4.69) is 26.1 Å². The molecule has 1 nitrogen and oxygen atoms in total. The maximum Gasteiger partial charge on any atom is 0.136 e. The van der Waals surface area contributed by atoms with Crippen LogP contribution in [0.15, 0.2) is 29.2 Å². The zero-order valence-electron chi connectivity index (χ0n) is 10.2. The molecule has 1 unspecified atom stereocenters. The van der Waals surface area contributed by atoms with Crippen LogP contribution >= 0.6 is 11.8 Å². The number of hydrogen-bond acceptors (Lipinski definition) is 2. The zero-order valence-corrected chi connectivity index (χ0v) is 11.0. The highest BCUT2D eigenvalue weighted by Gasteiger charge is 2.13. The Morgan fingerprint density at radius 1 is 1.31 bits per heavy atom. The van der Waals surface area contributed by atoms with Crippen molar-refractivity contribution in [1.82, 2.24) is 5.32 Å². The minimum atomic E-state index is -0.119. The Bertz CT molecular complexity index is 315. The largest absolute Gasteiger partial charge is 0.313 e. The molecule has 1 rings (SSSR count). The van der Waals surface area contributed by atoms with Crippen LogP contribution in [-0.2, 0) is 0 Å². The van der Waals surface area contributed by atoms with Gasteiger partial charge in [0.1, 0.15) is 5.82 Å². The Hall–Kier alpha value is -0.540. The lowest BCUT2D eigenvalue weighted by Crippen LogP contribution is -2.35. The summed E-state index contributed by atoms with van der Waals surface area (Å²) >= 11 is 1.59. The maximum atomic E-state index is 13.4. The fraction of sp³-hybridized carbons (Fsp3) is 0.538. The van der Waals surface area contributed by atoms with E-state index in [0.29, 0.717) is 12.0 Å². The minimum absolute atomic E-state index is 0.119. The molecule has 0 fully saturated rings. The molecule has 0 heterocycles. The van der Waals surface area contributed by atoms with Crippen molar-refractivity contribution in [3.05, 3.63) is 30.1 Å². The lowest BCUT2D eigenvalue weighted by molar-refractivity contribution is 0.443. The first-order valence-corrected chi connectivity index (χ1v) is 6.74. The number of thioether (sulfide) groups is 1. The molecule has 0 aromatic heterocycles. The Kier molecular flexibility index (Phi) is 5.85. The van der Waals surface area contributed by atoms with Gasteiger partial charge in [-0.25, -0.2) is 4.39 Å². The second kappa shape index (κ2) is 6.92. The van der Waals surface area contributed by atoms with Gasteiger partial charge in [0, 0.05) is 16.7 Å². The molecule has 0 bridgehead atoms. The van der Waals surface area contributed by atoms with Crippen LogP contribution in [0.1, 0.15) is 20.8 Å². The Morgan fingerprint density at radius 2 is 2.00 bits per heavy atom. The van der Waals surface area contributed by atoms with Gasteiger partial charge in [-0.2, -0.15) is 0 Å². The van der Waals surface area contributed by atoms with Gasteiger partial charge in [0.2, 0.25) is 0 Å². The van der Waals surface area contributed by atoms with E-state index in [-0.39, 0.29) is 5.82 Å². The molecule has 0 amide bonds. The topological polar surface area (TPSA) is 12.0 Å². The van der Waals surface area contributed by atoms with E-state index in [1.54, 1.807) is 17.8 Å². The second-order valence-electron chi connectivity index (χ2n) is 4.15. The van der Waals surface area contributed by atoms with Gasteiger partial charge in [-0.1, -0.05) is 32.9 Å². The molecule has 0 spiro atoms. The normalized spacial score (nSPS) is 13.1. The molecule has 1 N–H and O–H groups in total. The van der Waals surface area contributed by atoms with Gasteiger partial charge in [0.15, 0.2) is 0 Å². The predicted molar refractivity (Wildman–Crippen MR) is 69.4 cm³/mol. The van der Waals surface area contributed by atoms with E-state index in [9.17, 15) is 4.39 Å². The summed E-state index contributed by atoms with van der Waals surface area (Å²) in [5, 5.41) is 3.43. The third kappa shape index (κ3) is 4.14. The van der Waals surface area contributed by atoms with Crippen molar-refractivity contribution >= 4 is 11.8 Å². The van der Waals surface area contributed by atoms with Crippen LogP contribution in [-0.4, -0.2) is 18.3 Å². The first-order valence-electron chi connectivity index (χ1n) is 5.75. The van der Waals surface area contributed by atoms with Crippen molar-refractivity contribution < 1.29 is 4.39 Å². The highest BCUT2D eigenvalue weighted by molar-refractivity contribution is 7.99. The van der Waals surface area contributed by atoms with Crippen LogP contribution in [0.4, 0.5) is 4.39 Å². The fourth-order valence-electron chi connectivity index (χ4n) is 1.49. The van der Waals surface area contributed by atoms with Gasteiger partial charge >= 0.3 is 0 Å². The molecule has 1 aromatic rings. The van der Waals surface area contributed by atoms with E-state index >= 15 is 0 Å². The second-order valence-corrected chi connectivity index (χ2v) is 5.21. The third-order valence-electron chi connectivity index (χ3n) is 2.53. The highest BCUT2D eigenvalue weighted by atomic mass is 32.2. The molecule has 3 heteroatoms. The van der Waals surface area contributed by atoms with Gasteiger partial charge in [0.25, 0.3) is 0 Å². The summed E-state index contributed by atoms with van der Waals surface area (Å²) in [7, 11) is 0. The maximum absolute atomic E-state index is 13.4. The standard InChI is InChI=1S/C13H20FNS/c1-4-15-12(10(2)3)9-16-13-8-6-5-7-11(13)14/h5-8,10,12,15H,4,9H2,1-3H3. The first kappa shape index (κ1) is 13.5. The van der Waals surface area contributed by atoms with Crippen LogP contribution in [0, 0.1) is 11.7 Å². The fourth-order valence-corrected chi connectivity index (χ4v) is 2.73.